The number of hydrogen-bond donors (Lipinski definition) is 3. The van der Waals surface area contributed by atoms with E-state index in [0.29, 0.717) is 6.54 Å². The lowest BCUT2D eigenvalue weighted by Gasteiger charge is -2.29. The first-order valence-electron chi connectivity index (χ1n) is 6.60. The van der Waals surface area contributed by atoms with Crippen molar-refractivity contribution >= 4 is 12.0 Å². The highest BCUT2D eigenvalue weighted by Gasteiger charge is 2.39. The molecule has 2 unspecified atom stereocenters. The van der Waals surface area contributed by atoms with Crippen LogP contribution in [0.25, 0.3) is 0 Å². The monoisotopic (exact) mass is 255 g/mol. The van der Waals surface area contributed by atoms with Gasteiger partial charge in [-0.2, -0.15) is 0 Å². The molecule has 2 heterocycles. The maximum Gasteiger partial charge on any atom is 0.326 e. The van der Waals surface area contributed by atoms with Crippen LogP contribution in [0.3, 0.4) is 0 Å². The molecule has 2 rings (SSSR count). The number of carbonyl (C=O) groups is 2. The summed E-state index contributed by atoms with van der Waals surface area (Å²) in [6.45, 7) is 4.24. The van der Waals surface area contributed by atoms with Gasteiger partial charge in [0, 0.05) is 12.6 Å². The molecule has 0 aromatic carbocycles. The van der Waals surface area contributed by atoms with E-state index in [2.05, 4.69) is 10.6 Å². The second-order valence-corrected chi connectivity index (χ2v) is 5.22. The number of rotatable bonds is 2. The number of hydrogen-bond acceptors (Lipinski definition) is 3. The van der Waals surface area contributed by atoms with Crippen LogP contribution in [-0.2, 0) is 4.79 Å². The lowest BCUT2D eigenvalue weighted by atomic mass is 10.0. The zero-order valence-electron chi connectivity index (χ0n) is 10.7. The topological polar surface area (TPSA) is 81.7 Å². The summed E-state index contributed by atoms with van der Waals surface area (Å²) in [5.41, 5.74) is 0. The van der Waals surface area contributed by atoms with Crippen LogP contribution in [0.4, 0.5) is 4.79 Å². The van der Waals surface area contributed by atoms with E-state index in [1.165, 1.54) is 4.90 Å². The Morgan fingerprint density at radius 3 is 2.56 bits per heavy atom. The lowest BCUT2D eigenvalue weighted by Crippen LogP contribution is -2.52. The number of aliphatic carboxylic acids is 1. The van der Waals surface area contributed by atoms with Gasteiger partial charge in [0.2, 0.25) is 0 Å². The fourth-order valence-electron chi connectivity index (χ4n) is 2.78. The molecule has 0 aliphatic carbocycles. The number of urea groups is 1. The Kier molecular flexibility index (Phi) is 4.06. The molecule has 2 saturated heterocycles. The summed E-state index contributed by atoms with van der Waals surface area (Å²) in [5.74, 6) is -0.873. The first kappa shape index (κ1) is 13.1. The number of piperidine rings is 1. The minimum absolute atomic E-state index is 0.0290. The van der Waals surface area contributed by atoms with Gasteiger partial charge in [0.25, 0.3) is 0 Å². The number of carboxylic acid groups (broad SMARTS) is 1. The van der Waals surface area contributed by atoms with Crippen LogP contribution < -0.4 is 10.6 Å². The molecule has 0 saturated carbocycles. The van der Waals surface area contributed by atoms with Crippen LogP contribution in [0, 0.1) is 5.92 Å². The van der Waals surface area contributed by atoms with Gasteiger partial charge < -0.3 is 20.6 Å². The molecule has 0 aromatic heterocycles. The number of nitrogens with one attached hydrogen (secondary N) is 2. The number of carbonyl (C=O) groups excluding carboxylic acids is 1. The van der Waals surface area contributed by atoms with Crippen molar-refractivity contribution in [3.05, 3.63) is 0 Å². The largest absolute Gasteiger partial charge is 0.480 e. The quantitative estimate of drug-likeness (QED) is 0.660. The van der Waals surface area contributed by atoms with Crippen molar-refractivity contribution < 1.29 is 14.7 Å². The Balaban J connectivity index is 1.93. The van der Waals surface area contributed by atoms with Gasteiger partial charge >= 0.3 is 12.0 Å². The third kappa shape index (κ3) is 2.75. The maximum absolute atomic E-state index is 12.1. The molecule has 6 heteroatoms. The average molecular weight is 255 g/mol. The molecule has 0 spiro atoms. The van der Waals surface area contributed by atoms with Gasteiger partial charge in [-0.25, -0.2) is 9.59 Å². The molecule has 2 aliphatic heterocycles. The standard InChI is InChI=1S/C12H21N3O3/c1-8-4-7-15(10(8)11(16)17)12(18)14-9-2-5-13-6-3-9/h8-10,13H,2-7H2,1H3,(H,14,18)(H,16,17). The summed E-state index contributed by atoms with van der Waals surface area (Å²) in [6, 6.07) is -0.727. The van der Waals surface area contributed by atoms with E-state index in [0.717, 1.165) is 32.4 Å². The van der Waals surface area contributed by atoms with Gasteiger partial charge in [0.15, 0.2) is 0 Å². The smallest absolute Gasteiger partial charge is 0.326 e. The van der Waals surface area contributed by atoms with E-state index >= 15 is 0 Å². The van der Waals surface area contributed by atoms with E-state index < -0.39 is 12.0 Å². The Labute approximate surface area is 107 Å². The Bertz CT molecular complexity index is 329. The van der Waals surface area contributed by atoms with E-state index in [4.69, 9.17) is 0 Å². The maximum atomic E-state index is 12.1. The van der Waals surface area contributed by atoms with Gasteiger partial charge in [0.1, 0.15) is 6.04 Å². The first-order chi connectivity index (χ1) is 8.59. The number of likely N-dealkylation sites (tertiary alicyclic amines) is 1. The molecule has 102 valence electrons. The van der Waals surface area contributed by atoms with Crippen LogP contribution in [0.5, 0.6) is 0 Å². The Hall–Kier alpha value is -1.30. The number of nitrogens with zero attached hydrogens (tertiary/aromatic N) is 1. The van der Waals surface area contributed by atoms with Crippen molar-refractivity contribution in [3.8, 4) is 0 Å². The zero-order valence-corrected chi connectivity index (χ0v) is 10.7. The highest BCUT2D eigenvalue weighted by molar-refractivity contribution is 5.83. The first-order valence-corrected chi connectivity index (χ1v) is 6.60. The van der Waals surface area contributed by atoms with E-state index in [1.807, 2.05) is 6.92 Å². The summed E-state index contributed by atoms with van der Waals surface area (Å²) in [4.78, 5) is 24.8. The molecule has 0 radical (unpaired) electrons. The highest BCUT2D eigenvalue weighted by Crippen LogP contribution is 2.24. The van der Waals surface area contributed by atoms with Crippen LogP contribution >= 0.6 is 0 Å². The lowest BCUT2D eigenvalue weighted by molar-refractivity contribution is -0.142. The van der Waals surface area contributed by atoms with E-state index in [1.54, 1.807) is 0 Å². The molecule has 2 amide bonds. The number of amides is 2. The normalized spacial score (nSPS) is 29.3. The minimum Gasteiger partial charge on any atom is -0.480 e. The SMILES string of the molecule is CC1CCN(C(=O)NC2CCNCC2)C1C(=O)O. The van der Waals surface area contributed by atoms with Gasteiger partial charge in [0.05, 0.1) is 0 Å². The van der Waals surface area contributed by atoms with Crippen LogP contribution in [0.2, 0.25) is 0 Å². The fourth-order valence-corrected chi connectivity index (χ4v) is 2.78. The Morgan fingerprint density at radius 2 is 1.94 bits per heavy atom. The second kappa shape index (κ2) is 5.56. The molecule has 18 heavy (non-hydrogen) atoms. The van der Waals surface area contributed by atoms with E-state index in [9.17, 15) is 14.7 Å². The molecular formula is C12H21N3O3. The molecule has 6 nitrogen and oxygen atoms in total. The zero-order chi connectivity index (χ0) is 13.1. The molecule has 2 atom stereocenters. The van der Waals surface area contributed by atoms with Crippen molar-refractivity contribution in [1.82, 2.24) is 15.5 Å². The summed E-state index contributed by atoms with van der Waals surface area (Å²) in [7, 11) is 0. The predicted molar refractivity (Wildman–Crippen MR) is 66.3 cm³/mol. The van der Waals surface area contributed by atoms with Crippen molar-refractivity contribution in [3.63, 3.8) is 0 Å². The van der Waals surface area contributed by atoms with Gasteiger partial charge in [-0.05, 0) is 38.3 Å². The molecule has 2 aliphatic rings. The molecule has 2 fully saturated rings. The predicted octanol–water partition coefficient (Wildman–Crippen LogP) is 0.243. The molecule has 3 N–H and O–H groups in total. The van der Waals surface area contributed by atoms with Crippen LogP contribution in [0.1, 0.15) is 26.2 Å². The van der Waals surface area contributed by atoms with Crippen LogP contribution in [-0.4, -0.2) is 53.7 Å². The highest BCUT2D eigenvalue weighted by atomic mass is 16.4. The Morgan fingerprint density at radius 1 is 1.28 bits per heavy atom. The average Bonchev–Trinajstić information content (AvgIpc) is 2.72. The van der Waals surface area contributed by atoms with Crippen molar-refractivity contribution in [2.45, 2.75) is 38.3 Å². The number of carboxylic acids is 1. The van der Waals surface area contributed by atoms with Crippen molar-refractivity contribution in [1.29, 1.82) is 0 Å². The third-order valence-corrected chi connectivity index (χ3v) is 3.88. The van der Waals surface area contributed by atoms with Crippen LogP contribution in [0.15, 0.2) is 0 Å². The molecular weight excluding hydrogens is 234 g/mol. The van der Waals surface area contributed by atoms with Crippen molar-refractivity contribution in [2.24, 2.45) is 5.92 Å². The van der Waals surface area contributed by atoms with E-state index in [-0.39, 0.29) is 18.0 Å². The van der Waals surface area contributed by atoms with Gasteiger partial charge in [-0.3, -0.25) is 0 Å². The fraction of sp³-hybridized carbons (Fsp3) is 0.833. The van der Waals surface area contributed by atoms with Crippen molar-refractivity contribution in [2.75, 3.05) is 19.6 Å². The minimum atomic E-state index is -0.902. The summed E-state index contributed by atoms with van der Waals surface area (Å²) >= 11 is 0. The summed E-state index contributed by atoms with van der Waals surface area (Å²) < 4.78 is 0. The molecule has 0 aromatic rings. The summed E-state index contributed by atoms with van der Waals surface area (Å²) in [6.07, 6.45) is 2.58. The van der Waals surface area contributed by atoms with Gasteiger partial charge in [-0.1, -0.05) is 6.92 Å². The second-order valence-electron chi connectivity index (χ2n) is 5.22. The summed E-state index contributed by atoms with van der Waals surface area (Å²) in [5, 5.41) is 15.4. The van der Waals surface area contributed by atoms with Gasteiger partial charge in [-0.15, -0.1) is 0 Å². The third-order valence-electron chi connectivity index (χ3n) is 3.88. The molecule has 0 bridgehead atoms.